The van der Waals surface area contributed by atoms with Crippen molar-refractivity contribution in [1.82, 2.24) is 0 Å². The van der Waals surface area contributed by atoms with Gasteiger partial charge in [-0.05, 0) is 89.9 Å². The highest BCUT2D eigenvalue weighted by atomic mass is 16.6. The maximum absolute atomic E-state index is 12.8. The molecule has 6 nitrogen and oxygen atoms in total. The quantitative estimate of drug-likeness (QED) is 0.0262. The molecule has 1 unspecified atom stereocenters. The van der Waals surface area contributed by atoms with Crippen molar-refractivity contribution in [3.8, 4) is 0 Å². The zero-order chi connectivity index (χ0) is 48.6. The minimum atomic E-state index is -0.780. The zero-order valence-corrected chi connectivity index (χ0v) is 44.2. The number of allylic oxidation sites excluding steroid dienone is 12. The van der Waals surface area contributed by atoms with E-state index < -0.39 is 6.10 Å². The highest BCUT2D eigenvalue weighted by Crippen LogP contribution is 2.15. The van der Waals surface area contributed by atoms with Crippen LogP contribution in [0.3, 0.4) is 0 Å². The van der Waals surface area contributed by atoms with Crippen LogP contribution in [0.15, 0.2) is 72.9 Å². The van der Waals surface area contributed by atoms with Gasteiger partial charge >= 0.3 is 17.9 Å². The molecule has 0 amide bonds. The standard InChI is InChI=1S/C61H106O6/c1-4-7-10-13-16-19-21-23-25-27-28-29-30-31-32-33-34-35-37-38-40-42-45-48-51-54-60(63)66-57-58(56-65-59(62)53-50-47-44-18-15-12-9-6-3)67-61(64)55-52-49-46-43-41-39-36-26-24-22-20-17-14-11-8-5-2/h7,10,16,19-20,22-23,25-26,28-29,36,58H,4-6,8-9,11-15,17-18,21,24,27,30-35,37-57H2,1-3H3/b10-7-,19-16-,22-20-,25-23-,29-28-,36-26-. The van der Waals surface area contributed by atoms with E-state index in [9.17, 15) is 14.4 Å². The summed E-state index contributed by atoms with van der Waals surface area (Å²) in [6, 6.07) is 0. The van der Waals surface area contributed by atoms with Gasteiger partial charge in [0.2, 0.25) is 0 Å². The average Bonchev–Trinajstić information content (AvgIpc) is 3.33. The lowest BCUT2D eigenvalue weighted by Gasteiger charge is -2.18. The molecule has 0 aliphatic heterocycles. The van der Waals surface area contributed by atoms with Crippen LogP contribution in [-0.2, 0) is 28.6 Å². The molecule has 67 heavy (non-hydrogen) atoms. The third kappa shape index (κ3) is 53.7. The van der Waals surface area contributed by atoms with Gasteiger partial charge in [0.05, 0.1) is 0 Å². The number of esters is 3. The number of ether oxygens (including phenoxy) is 3. The minimum absolute atomic E-state index is 0.0795. The van der Waals surface area contributed by atoms with E-state index in [1.165, 1.54) is 128 Å². The van der Waals surface area contributed by atoms with Crippen LogP contribution in [0.1, 0.15) is 278 Å². The molecule has 0 heterocycles. The summed E-state index contributed by atoms with van der Waals surface area (Å²) in [5.74, 6) is -0.893. The normalized spacial score (nSPS) is 12.6. The molecule has 0 rings (SSSR count). The monoisotopic (exact) mass is 935 g/mol. The summed E-state index contributed by atoms with van der Waals surface area (Å²) in [7, 11) is 0. The van der Waals surface area contributed by atoms with E-state index >= 15 is 0 Å². The van der Waals surface area contributed by atoms with E-state index in [0.717, 1.165) is 109 Å². The Labute approximate surface area is 414 Å². The fourth-order valence-corrected chi connectivity index (χ4v) is 7.93. The molecule has 386 valence electrons. The molecule has 0 bridgehead atoms. The van der Waals surface area contributed by atoms with Crippen LogP contribution in [0.2, 0.25) is 0 Å². The van der Waals surface area contributed by atoms with Gasteiger partial charge in [0.25, 0.3) is 0 Å². The Hall–Kier alpha value is -3.15. The van der Waals surface area contributed by atoms with Gasteiger partial charge in [-0.15, -0.1) is 0 Å². The average molecular weight is 936 g/mol. The number of carbonyl (C=O) groups is 3. The molecule has 0 saturated carbocycles. The lowest BCUT2D eigenvalue weighted by Crippen LogP contribution is -2.30. The van der Waals surface area contributed by atoms with Gasteiger partial charge in [0.15, 0.2) is 6.10 Å². The Balaban J connectivity index is 4.21. The van der Waals surface area contributed by atoms with Crippen molar-refractivity contribution in [3.05, 3.63) is 72.9 Å². The molecule has 0 aromatic carbocycles. The molecule has 0 saturated heterocycles. The lowest BCUT2D eigenvalue weighted by atomic mass is 10.0. The van der Waals surface area contributed by atoms with Gasteiger partial charge < -0.3 is 14.2 Å². The summed E-state index contributed by atoms with van der Waals surface area (Å²) in [5, 5.41) is 0. The molecule has 0 fully saturated rings. The van der Waals surface area contributed by atoms with Crippen molar-refractivity contribution < 1.29 is 28.6 Å². The van der Waals surface area contributed by atoms with Crippen molar-refractivity contribution >= 4 is 17.9 Å². The molecule has 0 aromatic heterocycles. The molecule has 0 spiro atoms. The largest absolute Gasteiger partial charge is 0.462 e. The summed E-state index contributed by atoms with van der Waals surface area (Å²) >= 11 is 0. The Morgan fingerprint density at radius 1 is 0.313 bits per heavy atom. The second kappa shape index (κ2) is 55.4. The zero-order valence-electron chi connectivity index (χ0n) is 44.2. The van der Waals surface area contributed by atoms with Gasteiger partial charge in [0.1, 0.15) is 13.2 Å². The fourth-order valence-electron chi connectivity index (χ4n) is 7.93. The predicted octanol–water partition coefficient (Wildman–Crippen LogP) is 19.0. The lowest BCUT2D eigenvalue weighted by molar-refractivity contribution is -0.167. The number of hydrogen-bond donors (Lipinski definition) is 0. The van der Waals surface area contributed by atoms with Crippen LogP contribution >= 0.6 is 0 Å². The summed E-state index contributed by atoms with van der Waals surface area (Å²) in [6.07, 6.45) is 70.5. The fraction of sp³-hybridized carbons (Fsp3) is 0.754. The van der Waals surface area contributed by atoms with Crippen LogP contribution < -0.4 is 0 Å². The Morgan fingerprint density at radius 2 is 0.582 bits per heavy atom. The maximum Gasteiger partial charge on any atom is 0.306 e. The van der Waals surface area contributed by atoms with Crippen molar-refractivity contribution in [1.29, 1.82) is 0 Å². The second-order valence-corrected chi connectivity index (χ2v) is 18.8. The number of hydrogen-bond acceptors (Lipinski definition) is 6. The Bertz CT molecular complexity index is 1260. The predicted molar refractivity (Wildman–Crippen MR) is 288 cm³/mol. The summed E-state index contributed by atoms with van der Waals surface area (Å²) in [4.78, 5) is 38.0. The molecule has 0 aliphatic rings. The molecule has 1 atom stereocenters. The van der Waals surface area contributed by atoms with Crippen molar-refractivity contribution in [3.63, 3.8) is 0 Å². The second-order valence-electron chi connectivity index (χ2n) is 18.8. The van der Waals surface area contributed by atoms with Crippen LogP contribution in [0.4, 0.5) is 0 Å². The summed E-state index contributed by atoms with van der Waals surface area (Å²) in [5.41, 5.74) is 0. The van der Waals surface area contributed by atoms with Crippen molar-refractivity contribution in [2.45, 2.75) is 284 Å². The molecule has 0 aromatic rings. The first kappa shape index (κ1) is 63.8. The molecule has 6 heteroatoms. The van der Waals surface area contributed by atoms with E-state index in [1.54, 1.807) is 0 Å². The van der Waals surface area contributed by atoms with E-state index in [1.807, 2.05) is 0 Å². The number of unbranched alkanes of at least 4 members (excludes halogenated alkanes) is 28. The van der Waals surface area contributed by atoms with Crippen LogP contribution in [0.25, 0.3) is 0 Å². The van der Waals surface area contributed by atoms with Crippen molar-refractivity contribution in [2.75, 3.05) is 13.2 Å². The molecule has 0 N–H and O–H groups in total. The SMILES string of the molecule is CC/C=C\C/C=C\C/C=C\C/C=C\CCCCCCCCCCCCCCC(=O)OCC(COC(=O)CCCCCCCCCC)OC(=O)CCCCCCC/C=C\C/C=C\CCCCCC. The van der Waals surface area contributed by atoms with Crippen LogP contribution in [0, 0.1) is 0 Å². The van der Waals surface area contributed by atoms with Crippen LogP contribution in [-0.4, -0.2) is 37.2 Å². The van der Waals surface area contributed by atoms with E-state index in [-0.39, 0.29) is 31.1 Å². The summed E-state index contributed by atoms with van der Waals surface area (Å²) < 4.78 is 16.8. The minimum Gasteiger partial charge on any atom is -0.462 e. The Kier molecular flexibility index (Phi) is 52.8. The Morgan fingerprint density at radius 3 is 0.925 bits per heavy atom. The van der Waals surface area contributed by atoms with Gasteiger partial charge in [0, 0.05) is 19.3 Å². The van der Waals surface area contributed by atoms with E-state index in [0.29, 0.717) is 19.3 Å². The molecule has 0 radical (unpaired) electrons. The topological polar surface area (TPSA) is 78.9 Å². The van der Waals surface area contributed by atoms with Gasteiger partial charge in [-0.1, -0.05) is 241 Å². The van der Waals surface area contributed by atoms with Gasteiger partial charge in [-0.25, -0.2) is 0 Å². The van der Waals surface area contributed by atoms with Crippen LogP contribution in [0.5, 0.6) is 0 Å². The third-order valence-electron chi connectivity index (χ3n) is 12.2. The number of rotatable bonds is 51. The third-order valence-corrected chi connectivity index (χ3v) is 12.2. The van der Waals surface area contributed by atoms with Gasteiger partial charge in [-0.2, -0.15) is 0 Å². The smallest absolute Gasteiger partial charge is 0.306 e. The van der Waals surface area contributed by atoms with E-state index in [2.05, 4.69) is 93.7 Å². The first-order valence-corrected chi connectivity index (χ1v) is 28.4. The molecular weight excluding hydrogens is 829 g/mol. The highest BCUT2D eigenvalue weighted by Gasteiger charge is 2.19. The maximum atomic E-state index is 12.8. The first-order chi connectivity index (χ1) is 33.0. The number of carbonyl (C=O) groups excluding carboxylic acids is 3. The van der Waals surface area contributed by atoms with E-state index in [4.69, 9.17) is 14.2 Å². The summed E-state index contributed by atoms with van der Waals surface area (Å²) in [6.45, 7) is 6.48. The molecule has 0 aliphatic carbocycles. The highest BCUT2D eigenvalue weighted by molar-refractivity contribution is 5.71. The first-order valence-electron chi connectivity index (χ1n) is 28.4. The van der Waals surface area contributed by atoms with Gasteiger partial charge in [-0.3, -0.25) is 14.4 Å². The molecular formula is C61H106O6. The van der Waals surface area contributed by atoms with Crippen molar-refractivity contribution in [2.24, 2.45) is 0 Å².